The number of benzene rings is 1. The molecule has 1 aromatic carbocycles. The van der Waals surface area contributed by atoms with Crippen LogP contribution in [0.5, 0.6) is 0 Å². The van der Waals surface area contributed by atoms with Crippen LogP contribution in [0.25, 0.3) is 0 Å². The second kappa shape index (κ2) is 9.51. The van der Waals surface area contributed by atoms with Crippen LogP contribution in [0.15, 0.2) is 47.7 Å². The third-order valence-electron chi connectivity index (χ3n) is 3.95. The molecule has 0 radical (unpaired) electrons. The maximum atomic E-state index is 4.70. The predicted octanol–water partition coefficient (Wildman–Crippen LogP) is 3.13. The SMILES string of the molecule is CCNC(=NCc1nccn1Cc1ccccc1)NCC(C)(C)SC. The number of hydrogen-bond acceptors (Lipinski definition) is 3. The second-order valence-corrected chi connectivity index (χ2v) is 7.98. The van der Waals surface area contributed by atoms with Crippen molar-refractivity contribution in [2.24, 2.45) is 4.99 Å². The highest BCUT2D eigenvalue weighted by Gasteiger charge is 2.16. The minimum atomic E-state index is 0.169. The van der Waals surface area contributed by atoms with Gasteiger partial charge in [-0.15, -0.1) is 0 Å². The van der Waals surface area contributed by atoms with Crippen molar-refractivity contribution in [3.8, 4) is 0 Å². The summed E-state index contributed by atoms with van der Waals surface area (Å²) >= 11 is 1.84. The molecule has 2 rings (SSSR count). The third kappa shape index (κ3) is 6.46. The number of nitrogens with one attached hydrogen (secondary N) is 2. The van der Waals surface area contributed by atoms with Gasteiger partial charge in [-0.1, -0.05) is 30.3 Å². The Morgan fingerprint density at radius 1 is 1.24 bits per heavy atom. The molecule has 25 heavy (non-hydrogen) atoms. The molecule has 1 aromatic heterocycles. The quantitative estimate of drug-likeness (QED) is 0.562. The maximum Gasteiger partial charge on any atom is 0.191 e. The molecule has 0 saturated heterocycles. The van der Waals surface area contributed by atoms with Gasteiger partial charge >= 0.3 is 0 Å². The van der Waals surface area contributed by atoms with Crippen molar-refractivity contribution in [3.05, 3.63) is 54.1 Å². The van der Waals surface area contributed by atoms with Gasteiger partial charge in [0.05, 0.1) is 0 Å². The zero-order valence-corrected chi connectivity index (χ0v) is 16.4. The number of imidazole rings is 1. The fourth-order valence-corrected chi connectivity index (χ4v) is 2.49. The summed E-state index contributed by atoms with van der Waals surface area (Å²) in [5.41, 5.74) is 1.26. The lowest BCUT2D eigenvalue weighted by atomic mass is 10.2. The number of aromatic nitrogens is 2. The van der Waals surface area contributed by atoms with Crippen molar-refractivity contribution in [3.63, 3.8) is 0 Å². The van der Waals surface area contributed by atoms with Gasteiger partial charge < -0.3 is 15.2 Å². The van der Waals surface area contributed by atoms with Crippen molar-refractivity contribution >= 4 is 17.7 Å². The fourth-order valence-electron chi connectivity index (χ4n) is 2.28. The predicted molar refractivity (Wildman–Crippen MR) is 108 cm³/mol. The van der Waals surface area contributed by atoms with E-state index in [1.54, 1.807) is 0 Å². The molecule has 2 aromatic rings. The Morgan fingerprint density at radius 3 is 2.68 bits per heavy atom. The molecule has 6 heteroatoms. The van der Waals surface area contributed by atoms with Crippen molar-refractivity contribution in [2.45, 2.75) is 38.6 Å². The van der Waals surface area contributed by atoms with E-state index in [1.807, 2.05) is 30.2 Å². The Labute approximate surface area is 155 Å². The van der Waals surface area contributed by atoms with E-state index in [0.29, 0.717) is 6.54 Å². The number of rotatable bonds is 8. The normalized spacial score (nSPS) is 12.2. The zero-order chi connectivity index (χ0) is 18.1. The minimum Gasteiger partial charge on any atom is -0.357 e. The Hall–Kier alpha value is -1.95. The monoisotopic (exact) mass is 359 g/mol. The van der Waals surface area contributed by atoms with Crippen molar-refractivity contribution < 1.29 is 0 Å². The molecule has 0 aliphatic rings. The summed E-state index contributed by atoms with van der Waals surface area (Å²) in [6.45, 7) is 9.58. The van der Waals surface area contributed by atoms with E-state index in [4.69, 9.17) is 4.99 Å². The molecule has 0 unspecified atom stereocenters. The summed E-state index contributed by atoms with van der Waals surface area (Å²) < 4.78 is 2.32. The average molecular weight is 360 g/mol. The van der Waals surface area contributed by atoms with Gasteiger partial charge in [0.25, 0.3) is 0 Å². The first-order valence-corrected chi connectivity index (χ1v) is 9.88. The van der Waals surface area contributed by atoms with Crippen molar-refractivity contribution in [1.82, 2.24) is 20.2 Å². The Bertz CT molecular complexity index is 663. The van der Waals surface area contributed by atoms with Gasteiger partial charge in [-0.05, 0) is 32.6 Å². The van der Waals surface area contributed by atoms with Crippen LogP contribution in [0, 0.1) is 0 Å². The molecular formula is C19H29N5S. The number of thioether (sulfide) groups is 1. The number of aliphatic imine (C=N–C) groups is 1. The summed E-state index contributed by atoms with van der Waals surface area (Å²) in [6, 6.07) is 10.4. The lowest BCUT2D eigenvalue weighted by Crippen LogP contribution is -2.43. The van der Waals surface area contributed by atoms with Gasteiger partial charge in [-0.2, -0.15) is 11.8 Å². The molecule has 0 saturated carbocycles. The van der Waals surface area contributed by atoms with Crippen molar-refractivity contribution in [2.75, 3.05) is 19.3 Å². The van der Waals surface area contributed by atoms with E-state index in [0.717, 1.165) is 31.4 Å². The lowest BCUT2D eigenvalue weighted by molar-refractivity contribution is 0.661. The van der Waals surface area contributed by atoms with Gasteiger partial charge in [0, 0.05) is 36.8 Å². The van der Waals surface area contributed by atoms with E-state index < -0.39 is 0 Å². The fraction of sp³-hybridized carbons (Fsp3) is 0.474. The molecule has 0 spiro atoms. The van der Waals surface area contributed by atoms with E-state index in [-0.39, 0.29) is 4.75 Å². The van der Waals surface area contributed by atoms with Gasteiger partial charge in [0.15, 0.2) is 5.96 Å². The number of guanidine groups is 1. The molecule has 136 valence electrons. The summed E-state index contributed by atoms with van der Waals surface area (Å²) in [5, 5.41) is 6.73. The zero-order valence-electron chi connectivity index (χ0n) is 15.6. The molecular weight excluding hydrogens is 330 g/mol. The molecule has 1 heterocycles. The Morgan fingerprint density at radius 2 is 2.00 bits per heavy atom. The van der Waals surface area contributed by atoms with Crippen molar-refractivity contribution in [1.29, 1.82) is 0 Å². The molecule has 2 N–H and O–H groups in total. The molecule has 0 aliphatic carbocycles. The summed E-state index contributed by atoms with van der Waals surface area (Å²) in [5.74, 6) is 1.80. The highest BCUT2D eigenvalue weighted by atomic mass is 32.2. The van der Waals surface area contributed by atoms with Crippen LogP contribution >= 0.6 is 11.8 Å². The first kappa shape index (κ1) is 19.4. The first-order valence-electron chi connectivity index (χ1n) is 8.65. The minimum absolute atomic E-state index is 0.169. The molecule has 0 aliphatic heterocycles. The van der Waals surface area contributed by atoms with Crippen LogP contribution < -0.4 is 10.6 Å². The van der Waals surface area contributed by atoms with E-state index >= 15 is 0 Å². The summed E-state index contributed by atoms with van der Waals surface area (Å²) in [4.78, 5) is 9.16. The summed E-state index contributed by atoms with van der Waals surface area (Å²) in [7, 11) is 0. The van der Waals surface area contributed by atoms with Gasteiger partial charge in [-0.3, -0.25) is 0 Å². The first-order chi connectivity index (χ1) is 12.0. The molecule has 0 bridgehead atoms. The van der Waals surface area contributed by atoms with Crippen LogP contribution in [0.2, 0.25) is 0 Å². The standard InChI is InChI=1S/C19H29N5S/c1-5-20-18(23-15-19(2,3)25-4)22-13-17-21-11-12-24(17)14-16-9-7-6-8-10-16/h6-12H,5,13-15H2,1-4H3,(H2,20,22,23). The van der Waals surface area contributed by atoms with Crippen LogP contribution in [0.1, 0.15) is 32.2 Å². The van der Waals surface area contributed by atoms with Gasteiger partial charge in [0.1, 0.15) is 12.4 Å². The maximum absolute atomic E-state index is 4.70. The average Bonchev–Trinajstić information content (AvgIpc) is 3.05. The van der Waals surface area contributed by atoms with Crippen LogP contribution in [-0.2, 0) is 13.1 Å². The lowest BCUT2D eigenvalue weighted by Gasteiger charge is -2.23. The van der Waals surface area contributed by atoms with Crippen LogP contribution in [0.4, 0.5) is 0 Å². The second-order valence-electron chi connectivity index (χ2n) is 6.47. The van der Waals surface area contributed by atoms with E-state index in [9.17, 15) is 0 Å². The smallest absolute Gasteiger partial charge is 0.191 e. The molecule has 5 nitrogen and oxygen atoms in total. The highest BCUT2D eigenvalue weighted by Crippen LogP contribution is 2.19. The molecule has 0 amide bonds. The largest absolute Gasteiger partial charge is 0.357 e. The van der Waals surface area contributed by atoms with Crippen LogP contribution in [0.3, 0.4) is 0 Å². The molecule has 0 fully saturated rings. The Kier molecular flexibility index (Phi) is 7.37. The van der Waals surface area contributed by atoms with Gasteiger partial charge in [0.2, 0.25) is 0 Å². The van der Waals surface area contributed by atoms with Crippen LogP contribution in [-0.4, -0.2) is 39.6 Å². The topological polar surface area (TPSA) is 54.2 Å². The summed E-state index contributed by atoms with van der Waals surface area (Å²) in [6.07, 6.45) is 5.98. The Balaban J connectivity index is 2.01. The molecule has 0 atom stereocenters. The number of nitrogens with zero attached hydrogens (tertiary/aromatic N) is 3. The van der Waals surface area contributed by atoms with E-state index in [2.05, 4.69) is 71.5 Å². The number of hydrogen-bond donors (Lipinski definition) is 2. The van der Waals surface area contributed by atoms with E-state index in [1.165, 1.54) is 5.56 Å². The van der Waals surface area contributed by atoms with Gasteiger partial charge in [-0.25, -0.2) is 9.98 Å². The third-order valence-corrected chi connectivity index (χ3v) is 5.20. The highest BCUT2D eigenvalue weighted by molar-refractivity contribution is 7.99.